The van der Waals surface area contributed by atoms with Crippen LogP contribution >= 0.6 is 0 Å². The van der Waals surface area contributed by atoms with Gasteiger partial charge in [0.1, 0.15) is 5.75 Å². The third-order valence-corrected chi connectivity index (χ3v) is 5.93. The zero-order valence-electron chi connectivity index (χ0n) is 18.9. The number of hydrogen-bond donors (Lipinski definition) is 0. The molecular weight excluding hydrogens is 372 g/mol. The van der Waals surface area contributed by atoms with Crippen LogP contribution in [0.4, 0.5) is 0 Å². The van der Waals surface area contributed by atoms with Gasteiger partial charge in [-0.15, -0.1) is 0 Å². The van der Waals surface area contributed by atoms with Gasteiger partial charge in [0.05, 0.1) is 13.5 Å². The Morgan fingerprint density at radius 3 is 2.20 bits per heavy atom. The van der Waals surface area contributed by atoms with E-state index in [1.165, 1.54) is 11.1 Å². The summed E-state index contributed by atoms with van der Waals surface area (Å²) in [7, 11) is 1.66. The number of methoxy groups -OCH3 is 1. The van der Waals surface area contributed by atoms with Crippen LogP contribution in [0.2, 0.25) is 0 Å². The number of nitrogens with zero attached hydrogens (tertiary/aromatic N) is 2. The number of likely N-dealkylation sites (tertiary alicyclic amines) is 1. The smallest absolute Gasteiger partial charge is 0.227 e. The molecule has 0 spiro atoms. The fraction of sp³-hybridized carbons (Fsp3) is 0.500. The molecule has 1 amide bonds. The highest BCUT2D eigenvalue weighted by Gasteiger charge is 2.28. The Morgan fingerprint density at radius 1 is 1.03 bits per heavy atom. The summed E-state index contributed by atoms with van der Waals surface area (Å²) in [4.78, 5) is 18.0. The number of carbonyl (C=O) groups excluding carboxylic acids is 1. The van der Waals surface area contributed by atoms with Crippen molar-refractivity contribution in [3.63, 3.8) is 0 Å². The molecule has 0 aromatic heterocycles. The summed E-state index contributed by atoms with van der Waals surface area (Å²) in [6, 6.07) is 16.7. The van der Waals surface area contributed by atoms with Gasteiger partial charge in [-0.05, 0) is 48.9 Å². The fourth-order valence-electron chi connectivity index (χ4n) is 4.26. The lowest BCUT2D eigenvalue weighted by Gasteiger charge is -2.39. The molecular formula is C26H36N2O2. The van der Waals surface area contributed by atoms with Crippen LogP contribution in [0.1, 0.15) is 43.4 Å². The highest BCUT2D eigenvalue weighted by molar-refractivity contribution is 5.79. The van der Waals surface area contributed by atoms with Crippen molar-refractivity contribution in [3.8, 4) is 5.75 Å². The molecule has 30 heavy (non-hydrogen) atoms. The second kappa shape index (κ2) is 10.6. The maximum absolute atomic E-state index is 13.4. The van der Waals surface area contributed by atoms with E-state index < -0.39 is 0 Å². The monoisotopic (exact) mass is 408 g/mol. The first-order chi connectivity index (χ1) is 14.4. The van der Waals surface area contributed by atoms with E-state index in [0.717, 1.165) is 43.8 Å². The highest BCUT2D eigenvalue weighted by atomic mass is 16.5. The predicted molar refractivity (Wildman–Crippen MR) is 123 cm³/mol. The molecule has 4 nitrogen and oxygen atoms in total. The molecule has 4 heteroatoms. The van der Waals surface area contributed by atoms with E-state index in [1.807, 2.05) is 24.3 Å². The molecule has 0 radical (unpaired) electrons. The van der Waals surface area contributed by atoms with Gasteiger partial charge in [-0.3, -0.25) is 4.79 Å². The van der Waals surface area contributed by atoms with Crippen molar-refractivity contribution in [1.82, 2.24) is 9.80 Å². The minimum atomic E-state index is 0.211. The number of aryl methyl sites for hydroxylation is 1. The molecule has 1 heterocycles. The predicted octanol–water partition coefficient (Wildman–Crippen LogP) is 4.70. The van der Waals surface area contributed by atoms with Crippen LogP contribution in [-0.2, 0) is 17.8 Å². The lowest BCUT2D eigenvalue weighted by molar-refractivity contribution is -0.134. The summed E-state index contributed by atoms with van der Waals surface area (Å²) in [6.07, 6.45) is 2.53. The minimum Gasteiger partial charge on any atom is -0.497 e. The third kappa shape index (κ3) is 6.33. The molecule has 2 aromatic rings. The van der Waals surface area contributed by atoms with Gasteiger partial charge < -0.3 is 14.5 Å². The van der Waals surface area contributed by atoms with Gasteiger partial charge in [0.15, 0.2) is 0 Å². The zero-order chi connectivity index (χ0) is 21.5. The van der Waals surface area contributed by atoms with Crippen molar-refractivity contribution in [3.05, 3.63) is 65.2 Å². The van der Waals surface area contributed by atoms with E-state index >= 15 is 0 Å². The summed E-state index contributed by atoms with van der Waals surface area (Å²) < 4.78 is 5.24. The number of piperidine rings is 1. The lowest BCUT2D eigenvalue weighted by atomic mass is 9.99. The number of benzene rings is 2. The van der Waals surface area contributed by atoms with Gasteiger partial charge in [0.25, 0.3) is 0 Å². The Bertz CT molecular complexity index is 791. The molecule has 1 aliphatic heterocycles. The highest BCUT2D eigenvalue weighted by Crippen LogP contribution is 2.22. The van der Waals surface area contributed by atoms with Crippen molar-refractivity contribution in [1.29, 1.82) is 0 Å². The van der Waals surface area contributed by atoms with Gasteiger partial charge in [-0.25, -0.2) is 0 Å². The van der Waals surface area contributed by atoms with Gasteiger partial charge in [-0.1, -0.05) is 55.8 Å². The first kappa shape index (κ1) is 22.4. The molecule has 0 atom stereocenters. The molecule has 0 saturated carbocycles. The number of amides is 1. The quantitative estimate of drug-likeness (QED) is 0.635. The standard InChI is InChI=1S/C26H36N2O2/c1-20(2)18-27-15-13-24(14-16-27)28(19-23-7-5-21(3)6-8-23)26(29)17-22-9-11-25(30-4)12-10-22/h5-12,20,24H,13-19H2,1-4H3. The van der Waals surface area contributed by atoms with Crippen molar-refractivity contribution >= 4 is 5.91 Å². The normalized spacial score (nSPS) is 15.4. The van der Waals surface area contributed by atoms with Crippen LogP contribution in [0.5, 0.6) is 5.75 Å². The zero-order valence-corrected chi connectivity index (χ0v) is 18.9. The van der Waals surface area contributed by atoms with Gasteiger partial charge >= 0.3 is 0 Å². The summed E-state index contributed by atoms with van der Waals surface area (Å²) in [5, 5.41) is 0. The average Bonchev–Trinajstić information content (AvgIpc) is 2.74. The molecule has 162 valence electrons. The van der Waals surface area contributed by atoms with Crippen molar-refractivity contribution in [2.45, 2.75) is 52.6 Å². The van der Waals surface area contributed by atoms with Crippen LogP contribution in [0.3, 0.4) is 0 Å². The van der Waals surface area contributed by atoms with Crippen LogP contribution in [0.25, 0.3) is 0 Å². The molecule has 0 unspecified atom stereocenters. The van der Waals surface area contributed by atoms with Crippen molar-refractivity contribution < 1.29 is 9.53 Å². The minimum absolute atomic E-state index is 0.211. The van der Waals surface area contributed by atoms with Gasteiger partial charge in [0.2, 0.25) is 5.91 Å². The van der Waals surface area contributed by atoms with Gasteiger partial charge in [0, 0.05) is 32.2 Å². The first-order valence-electron chi connectivity index (χ1n) is 11.1. The molecule has 1 fully saturated rings. The van der Waals surface area contributed by atoms with Crippen molar-refractivity contribution in [2.24, 2.45) is 5.92 Å². The molecule has 0 aliphatic carbocycles. The summed E-state index contributed by atoms with van der Waals surface area (Å²) in [5.41, 5.74) is 3.48. The van der Waals surface area contributed by atoms with E-state index in [4.69, 9.17) is 4.74 Å². The maximum Gasteiger partial charge on any atom is 0.227 e. The number of hydrogen-bond acceptors (Lipinski definition) is 3. The average molecular weight is 409 g/mol. The Morgan fingerprint density at radius 2 is 1.63 bits per heavy atom. The number of carbonyl (C=O) groups is 1. The maximum atomic E-state index is 13.4. The number of rotatable bonds is 8. The fourth-order valence-corrected chi connectivity index (χ4v) is 4.26. The van der Waals surface area contributed by atoms with Crippen LogP contribution < -0.4 is 4.74 Å². The van der Waals surface area contributed by atoms with E-state index in [0.29, 0.717) is 24.9 Å². The third-order valence-electron chi connectivity index (χ3n) is 5.93. The Hall–Kier alpha value is -2.33. The Balaban J connectivity index is 1.71. The Labute approximate surface area is 181 Å². The van der Waals surface area contributed by atoms with E-state index in [-0.39, 0.29) is 5.91 Å². The van der Waals surface area contributed by atoms with E-state index in [1.54, 1.807) is 7.11 Å². The Kier molecular flexibility index (Phi) is 7.92. The second-order valence-electron chi connectivity index (χ2n) is 8.96. The molecule has 1 aliphatic rings. The largest absolute Gasteiger partial charge is 0.497 e. The summed E-state index contributed by atoms with van der Waals surface area (Å²) in [5.74, 6) is 1.71. The van der Waals surface area contributed by atoms with Crippen LogP contribution in [-0.4, -0.2) is 48.5 Å². The molecule has 3 rings (SSSR count). The first-order valence-corrected chi connectivity index (χ1v) is 11.1. The lowest BCUT2D eigenvalue weighted by Crippen LogP contribution is -2.48. The SMILES string of the molecule is COc1ccc(CC(=O)N(Cc2ccc(C)cc2)C2CCN(CC(C)C)CC2)cc1. The van der Waals surface area contributed by atoms with E-state index in [9.17, 15) is 4.79 Å². The van der Waals surface area contributed by atoms with Crippen LogP contribution in [0.15, 0.2) is 48.5 Å². The van der Waals surface area contributed by atoms with Gasteiger partial charge in [-0.2, -0.15) is 0 Å². The molecule has 1 saturated heterocycles. The second-order valence-corrected chi connectivity index (χ2v) is 8.96. The molecule has 0 N–H and O–H groups in total. The molecule has 0 bridgehead atoms. The molecule has 2 aromatic carbocycles. The number of ether oxygens (including phenoxy) is 1. The van der Waals surface area contributed by atoms with Crippen molar-refractivity contribution in [2.75, 3.05) is 26.7 Å². The topological polar surface area (TPSA) is 32.8 Å². The summed E-state index contributed by atoms with van der Waals surface area (Å²) >= 11 is 0. The van der Waals surface area contributed by atoms with Crippen LogP contribution in [0, 0.1) is 12.8 Å². The van der Waals surface area contributed by atoms with E-state index in [2.05, 4.69) is 54.8 Å². The summed E-state index contributed by atoms with van der Waals surface area (Å²) in [6.45, 7) is 10.6.